The number of fused-ring (bicyclic) bond motifs is 1. The first kappa shape index (κ1) is 13.6. The number of para-hydroxylation sites is 1. The molecule has 0 spiro atoms. The van der Waals surface area contributed by atoms with Crippen LogP contribution in [0.15, 0.2) is 24.3 Å². The molecule has 1 aromatic heterocycles. The smallest absolute Gasteiger partial charge is 0.0843 e. The maximum absolute atomic E-state index is 4.81. The molecule has 1 aliphatic heterocycles. The molecule has 0 radical (unpaired) electrons. The molecule has 2 atom stereocenters. The van der Waals surface area contributed by atoms with Gasteiger partial charge in [0.05, 0.1) is 11.2 Å². The highest BCUT2D eigenvalue weighted by atomic mass is 15.3. The largest absolute Gasteiger partial charge is 0.309 e. The summed E-state index contributed by atoms with van der Waals surface area (Å²) in [4.78, 5) is 2.51. The fraction of sp³-hybridized carbons (Fsp3) is 0.562. The van der Waals surface area contributed by atoms with Crippen LogP contribution in [0.3, 0.4) is 0 Å². The standard InChI is InChI=1S/C16H24N4/c1-4-20-16-8-6-5-7-14(16)15(18-20)11-19-9-12(2)17-13(3)10-19/h5-8,12-13,17H,4,9-11H2,1-3H3. The molecular formula is C16H24N4. The van der Waals surface area contributed by atoms with Crippen molar-refractivity contribution in [3.8, 4) is 0 Å². The lowest BCUT2D eigenvalue weighted by molar-refractivity contribution is 0.165. The van der Waals surface area contributed by atoms with Crippen LogP contribution in [0, 0.1) is 0 Å². The fourth-order valence-corrected chi connectivity index (χ4v) is 3.34. The van der Waals surface area contributed by atoms with E-state index in [-0.39, 0.29) is 0 Å². The van der Waals surface area contributed by atoms with Crippen molar-refractivity contribution in [1.29, 1.82) is 0 Å². The molecule has 0 bridgehead atoms. The van der Waals surface area contributed by atoms with E-state index in [0.29, 0.717) is 12.1 Å². The summed E-state index contributed by atoms with van der Waals surface area (Å²) in [6.45, 7) is 10.7. The third-order valence-electron chi connectivity index (χ3n) is 4.04. The number of aryl methyl sites for hydroxylation is 1. The molecule has 20 heavy (non-hydrogen) atoms. The lowest BCUT2D eigenvalue weighted by Gasteiger charge is -2.35. The number of benzene rings is 1. The Kier molecular flexibility index (Phi) is 3.76. The highest BCUT2D eigenvalue weighted by Gasteiger charge is 2.22. The Balaban J connectivity index is 1.87. The summed E-state index contributed by atoms with van der Waals surface area (Å²) in [5, 5.41) is 9.69. The topological polar surface area (TPSA) is 33.1 Å². The van der Waals surface area contributed by atoms with Crippen molar-refractivity contribution in [2.75, 3.05) is 13.1 Å². The van der Waals surface area contributed by atoms with Gasteiger partial charge in [0.1, 0.15) is 0 Å². The van der Waals surface area contributed by atoms with E-state index in [1.807, 2.05) is 0 Å². The monoisotopic (exact) mass is 272 g/mol. The minimum atomic E-state index is 0.554. The fourth-order valence-electron chi connectivity index (χ4n) is 3.34. The van der Waals surface area contributed by atoms with E-state index in [2.05, 4.69) is 59.9 Å². The van der Waals surface area contributed by atoms with Crippen molar-refractivity contribution >= 4 is 10.9 Å². The van der Waals surface area contributed by atoms with Gasteiger partial charge in [-0.3, -0.25) is 9.58 Å². The average molecular weight is 272 g/mol. The quantitative estimate of drug-likeness (QED) is 0.930. The first-order valence-corrected chi connectivity index (χ1v) is 7.60. The molecule has 2 unspecified atom stereocenters. The Hall–Kier alpha value is -1.39. The van der Waals surface area contributed by atoms with E-state index in [9.17, 15) is 0 Å². The zero-order valence-corrected chi connectivity index (χ0v) is 12.6. The molecule has 3 rings (SSSR count). The Morgan fingerprint density at radius 2 is 1.90 bits per heavy atom. The van der Waals surface area contributed by atoms with Gasteiger partial charge in [-0.25, -0.2) is 0 Å². The van der Waals surface area contributed by atoms with Gasteiger partial charge in [0.15, 0.2) is 0 Å². The van der Waals surface area contributed by atoms with Gasteiger partial charge < -0.3 is 5.32 Å². The molecule has 0 amide bonds. The number of nitrogens with one attached hydrogen (secondary N) is 1. The first-order valence-electron chi connectivity index (χ1n) is 7.60. The number of aromatic nitrogens is 2. The second-order valence-electron chi connectivity index (χ2n) is 5.94. The molecule has 108 valence electrons. The average Bonchev–Trinajstić information content (AvgIpc) is 2.76. The summed E-state index contributed by atoms with van der Waals surface area (Å²) in [7, 11) is 0. The zero-order valence-electron chi connectivity index (χ0n) is 12.6. The lowest BCUT2D eigenvalue weighted by Crippen LogP contribution is -2.53. The molecule has 0 saturated carbocycles. The third kappa shape index (κ3) is 2.58. The number of hydrogen-bond acceptors (Lipinski definition) is 3. The van der Waals surface area contributed by atoms with E-state index in [1.54, 1.807) is 0 Å². The van der Waals surface area contributed by atoms with Crippen LogP contribution in [0.25, 0.3) is 10.9 Å². The summed E-state index contributed by atoms with van der Waals surface area (Å²) in [5.74, 6) is 0. The maximum Gasteiger partial charge on any atom is 0.0843 e. The Bertz CT molecular complexity index is 579. The van der Waals surface area contributed by atoms with Gasteiger partial charge in [0.2, 0.25) is 0 Å². The Labute approximate surface area is 120 Å². The van der Waals surface area contributed by atoms with Crippen molar-refractivity contribution < 1.29 is 0 Å². The SMILES string of the molecule is CCn1nc(CN2CC(C)NC(C)C2)c2ccccc21. The summed E-state index contributed by atoms with van der Waals surface area (Å²) in [5.41, 5.74) is 2.46. The maximum atomic E-state index is 4.81. The van der Waals surface area contributed by atoms with Gasteiger partial charge in [-0.15, -0.1) is 0 Å². The molecular weight excluding hydrogens is 248 g/mol. The van der Waals surface area contributed by atoms with Gasteiger partial charge >= 0.3 is 0 Å². The van der Waals surface area contributed by atoms with Gasteiger partial charge in [-0.05, 0) is 26.8 Å². The number of rotatable bonds is 3. The molecule has 0 aliphatic carbocycles. The molecule has 1 saturated heterocycles. The van der Waals surface area contributed by atoms with Crippen LogP contribution in [-0.2, 0) is 13.1 Å². The molecule has 4 nitrogen and oxygen atoms in total. The minimum absolute atomic E-state index is 0.554. The van der Waals surface area contributed by atoms with Crippen molar-refractivity contribution in [3.63, 3.8) is 0 Å². The molecule has 1 fully saturated rings. The Morgan fingerprint density at radius 1 is 1.20 bits per heavy atom. The van der Waals surface area contributed by atoms with Gasteiger partial charge in [-0.1, -0.05) is 18.2 Å². The van der Waals surface area contributed by atoms with E-state index in [1.165, 1.54) is 16.6 Å². The molecule has 2 heterocycles. The van der Waals surface area contributed by atoms with Crippen LogP contribution in [-0.4, -0.2) is 39.9 Å². The van der Waals surface area contributed by atoms with Gasteiger partial charge in [0, 0.05) is 43.6 Å². The van der Waals surface area contributed by atoms with Gasteiger partial charge in [-0.2, -0.15) is 5.10 Å². The highest BCUT2D eigenvalue weighted by molar-refractivity contribution is 5.81. The lowest BCUT2D eigenvalue weighted by atomic mass is 10.1. The molecule has 1 aliphatic rings. The molecule has 1 N–H and O–H groups in total. The Morgan fingerprint density at radius 3 is 2.60 bits per heavy atom. The molecule has 4 heteroatoms. The van der Waals surface area contributed by atoms with Crippen LogP contribution >= 0.6 is 0 Å². The van der Waals surface area contributed by atoms with Gasteiger partial charge in [0.25, 0.3) is 0 Å². The van der Waals surface area contributed by atoms with Crippen LogP contribution in [0.5, 0.6) is 0 Å². The van der Waals surface area contributed by atoms with Crippen molar-refractivity contribution in [2.24, 2.45) is 0 Å². The summed E-state index contributed by atoms with van der Waals surface area (Å²) in [6, 6.07) is 9.67. The van der Waals surface area contributed by atoms with Crippen molar-refractivity contribution in [1.82, 2.24) is 20.0 Å². The van der Waals surface area contributed by atoms with Crippen molar-refractivity contribution in [3.05, 3.63) is 30.0 Å². The predicted octanol–water partition coefficient (Wildman–Crippen LogP) is 2.24. The van der Waals surface area contributed by atoms with E-state index in [4.69, 9.17) is 5.10 Å². The number of hydrogen-bond donors (Lipinski definition) is 1. The summed E-state index contributed by atoms with van der Waals surface area (Å²) < 4.78 is 2.11. The van der Waals surface area contributed by atoms with Crippen LogP contribution in [0.2, 0.25) is 0 Å². The minimum Gasteiger partial charge on any atom is -0.309 e. The molecule has 2 aromatic rings. The predicted molar refractivity (Wildman–Crippen MR) is 82.7 cm³/mol. The molecule has 1 aromatic carbocycles. The first-order chi connectivity index (χ1) is 9.67. The summed E-state index contributed by atoms with van der Waals surface area (Å²) in [6.07, 6.45) is 0. The van der Waals surface area contributed by atoms with Crippen LogP contribution < -0.4 is 5.32 Å². The van der Waals surface area contributed by atoms with E-state index >= 15 is 0 Å². The van der Waals surface area contributed by atoms with Crippen molar-refractivity contribution in [2.45, 2.75) is 45.9 Å². The van der Waals surface area contributed by atoms with E-state index < -0.39 is 0 Å². The number of nitrogens with zero attached hydrogens (tertiary/aromatic N) is 3. The van der Waals surface area contributed by atoms with E-state index in [0.717, 1.165) is 26.2 Å². The summed E-state index contributed by atoms with van der Waals surface area (Å²) >= 11 is 0. The highest BCUT2D eigenvalue weighted by Crippen LogP contribution is 2.20. The van der Waals surface area contributed by atoms with Crippen LogP contribution in [0.1, 0.15) is 26.5 Å². The van der Waals surface area contributed by atoms with Crippen LogP contribution in [0.4, 0.5) is 0 Å². The zero-order chi connectivity index (χ0) is 14.1. The second-order valence-corrected chi connectivity index (χ2v) is 5.94. The number of piperazine rings is 1. The normalized spacial score (nSPS) is 24.4. The second kappa shape index (κ2) is 5.54. The third-order valence-corrected chi connectivity index (χ3v) is 4.04.